The van der Waals surface area contributed by atoms with Gasteiger partial charge in [0.1, 0.15) is 11.5 Å². The summed E-state index contributed by atoms with van der Waals surface area (Å²) in [6.45, 7) is 6.72. The van der Waals surface area contributed by atoms with Gasteiger partial charge >= 0.3 is 0 Å². The molecule has 0 radical (unpaired) electrons. The summed E-state index contributed by atoms with van der Waals surface area (Å²) in [7, 11) is 0. The third kappa shape index (κ3) is 4.15. The van der Waals surface area contributed by atoms with Gasteiger partial charge in [0.15, 0.2) is 0 Å². The Hall–Kier alpha value is -2.88. The average molecular weight is 334 g/mol. The highest BCUT2D eigenvalue weighted by atomic mass is 16.3. The highest BCUT2D eigenvalue weighted by Gasteiger charge is 2.21. The van der Waals surface area contributed by atoms with Gasteiger partial charge in [0.2, 0.25) is 0 Å². The quantitative estimate of drug-likeness (QED) is 0.693. The summed E-state index contributed by atoms with van der Waals surface area (Å²) in [5, 5.41) is 0. The molecule has 0 aliphatic rings. The molecule has 0 aliphatic carbocycles. The van der Waals surface area contributed by atoms with E-state index in [1.807, 2.05) is 49.1 Å². The van der Waals surface area contributed by atoms with Gasteiger partial charge in [-0.15, -0.1) is 0 Å². The number of aromatic nitrogens is 1. The fraction of sp³-hybridized carbons (Fsp3) is 0.238. The molecule has 0 N–H and O–H groups in total. The first-order chi connectivity index (χ1) is 12.0. The molecular weight excluding hydrogens is 312 g/mol. The Morgan fingerprint density at radius 1 is 1.04 bits per heavy atom. The van der Waals surface area contributed by atoms with Crippen molar-refractivity contribution >= 4 is 5.91 Å². The summed E-state index contributed by atoms with van der Waals surface area (Å²) >= 11 is 0. The number of furan rings is 1. The lowest BCUT2D eigenvalue weighted by molar-refractivity contribution is 0.0726. The largest absolute Gasteiger partial charge is 0.466 e. The van der Waals surface area contributed by atoms with Gasteiger partial charge in [-0.1, -0.05) is 35.9 Å². The van der Waals surface area contributed by atoms with E-state index >= 15 is 0 Å². The van der Waals surface area contributed by atoms with Crippen LogP contribution in [0.4, 0.5) is 0 Å². The molecule has 0 saturated carbocycles. The van der Waals surface area contributed by atoms with Crippen LogP contribution >= 0.6 is 0 Å². The summed E-state index contributed by atoms with van der Waals surface area (Å²) in [5.41, 5.74) is 3.75. The number of amides is 1. The van der Waals surface area contributed by atoms with Gasteiger partial charge in [-0.25, -0.2) is 0 Å². The van der Waals surface area contributed by atoms with Crippen LogP contribution in [0.1, 0.15) is 38.7 Å². The molecule has 0 unspecified atom stereocenters. The number of benzene rings is 1. The molecule has 1 amide bonds. The Morgan fingerprint density at radius 2 is 1.88 bits per heavy atom. The predicted octanol–water partition coefficient (Wildman–Crippen LogP) is 4.44. The fourth-order valence-electron chi connectivity index (χ4n) is 2.93. The maximum atomic E-state index is 13.1. The third-order valence-corrected chi connectivity index (χ3v) is 4.09. The van der Waals surface area contributed by atoms with Crippen LogP contribution in [0.2, 0.25) is 0 Å². The van der Waals surface area contributed by atoms with Crippen molar-refractivity contribution in [1.82, 2.24) is 9.88 Å². The maximum absolute atomic E-state index is 13.1. The Labute approximate surface area is 148 Å². The van der Waals surface area contributed by atoms with Crippen molar-refractivity contribution in [1.29, 1.82) is 0 Å². The lowest BCUT2D eigenvalue weighted by atomic mass is 10.1. The third-order valence-electron chi connectivity index (χ3n) is 4.09. The van der Waals surface area contributed by atoms with Gasteiger partial charge in [0, 0.05) is 12.7 Å². The number of hydrogen-bond acceptors (Lipinski definition) is 3. The van der Waals surface area contributed by atoms with Crippen molar-refractivity contribution in [3.63, 3.8) is 0 Å². The Morgan fingerprint density at radius 3 is 2.52 bits per heavy atom. The maximum Gasteiger partial charge on any atom is 0.258 e. The first-order valence-corrected chi connectivity index (χ1v) is 8.34. The van der Waals surface area contributed by atoms with Crippen LogP contribution in [-0.4, -0.2) is 15.8 Å². The van der Waals surface area contributed by atoms with E-state index in [1.165, 1.54) is 5.56 Å². The van der Waals surface area contributed by atoms with Gasteiger partial charge in [-0.05, 0) is 44.5 Å². The van der Waals surface area contributed by atoms with E-state index in [2.05, 4.69) is 24.0 Å². The summed E-state index contributed by atoms with van der Waals surface area (Å²) < 4.78 is 5.54. The molecule has 128 valence electrons. The topological polar surface area (TPSA) is 46.3 Å². The van der Waals surface area contributed by atoms with Crippen LogP contribution in [0.25, 0.3) is 0 Å². The molecule has 0 aliphatic heterocycles. The van der Waals surface area contributed by atoms with Crippen molar-refractivity contribution in [3.05, 3.63) is 88.6 Å². The first kappa shape index (κ1) is 17.0. The number of carbonyl (C=O) groups is 1. The van der Waals surface area contributed by atoms with Crippen LogP contribution in [0.3, 0.4) is 0 Å². The number of hydrogen-bond donors (Lipinski definition) is 0. The lowest BCUT2D eigenvalue weighted by Gasteiger charge is -2.22. The molecular formula is C21H22N2O2. The monoisotopic (exact) mass is 334 g/mol. The molecule has 0 atom stereocenters. The second-order valence-electron chi connectivity index (χ2n) is 6.30. The van der Waals surface area contributed by atoms with E-state index in [0.29, 0.717) is 24.4 Å². The molecule has 0 spiro atoms. The molecule has 3 aromatic rings. The van der Waals surface area contributed by atoms with Crippen LogP contribution in [0.15, 0.2) is 59.1 Å². The van der Waals surface area contributed by atoms with Gasteiger partial charge in [0.05, 0.1) is 17.8 Å². The van der Waals surface area contributed by atoms with Gasteiger partial charge in [0.25, 0.3) is 5.91 Å². The Balaban J connectivity index is 1.90. The van der Waals surface area contributed by atoms with E-state index in [-0.39, 0.29) is 5.91 Å². The van der Waals surface area contributed by atoms with Crippen molar-refractivity contribution in [2.24, 2.45) is 0 Å². The number of aryl methyl sites for hydroxylation is 3. The van der Waals surface area contributed by atoms with Crippen LogP contribution in [-0.2, 0) is 13.1 Å². The smallest absolute Gasteiger partial charge is 0.258 e. The van der Waals surface area contributed by atoms with Crippen molar-refractivity contribution in [3.8, 4) is 0 Å². The zero-order valence-electron chi connectivity index (χ0n) is 14.8. The zero-order valence-corrected chi connectivity index (χ0v) is 14.8. The van der Waals surface area contributed by atoms with Crippen LogP contribution < -0.4 is 0 Å². The first-order valence-electron chi connectivity index (χ1n) is 8.34. The number of carbonyl (C=O) groups excluding carboxylic acids is 1. The minimum atomic E-state index is -0.0403. The highest BCUT2D eigenvalue weighted by molar-refractivity contribution is 5.95. The standard InChI is InChI=1S/C21H22N2O2/c1-15-7-6-8-18(11-15)13-23(14-19-9-4-5-10-22-19)21(24)20-12-16(2)25-17(20)3/h4-12H,13-14H2,1-3H3. The SMILES string of the molecule is Cc1cccc(CN(Cc2ccccn2)C(=O)c2cc(C)oc2C)c1. The summed E-state index contributed by atoms with van der Waals surface area (Å²) in [5.74, 6) is 1.36. The lowest BCUT2D eigenvalue weighted by Crippen LogP contribution is -2.30. The Kier molecular flexibility index (Phi) is 4.98. The van der Waals surface area contributed by atoms with Gasteiger partial charge < -0.3 is 9.32 Å². The Bertz CT molecular complexity index is 869. The second-order valence-corrected chi connectivity index (χ2v) is 6.30. The molecule has 4 heteroatoms. The highest BCUT2D eigenvalue weighted by Crippen LogP contribution is 2.19. The molecule has 0 fully saturated rings. The molecule has 0 saturated heterocycles. The summed E-state index contributed by atoms with van der Waals surface area (Å²) in [6, 6.07) is 15.8. The van der Waals surface area contributed by atoms with Crippen LogP contribution in [0, 0.1) is 20.8 Å². The summed E-state index contributed by atoms with van der Waals surface area (Å²) in [6.07, 6.45) is 1.75. The normalized spacial score (nSPS) is 10.7. The van der Waals surface area contributed by atoms with E-state index in [0.717, 1.165) is 17.0 Å². The molecule has 2 heterocycles. The second kappa shape index (κ2) is 7.34. The summed E-state index contributed by atoms with van der Waals surface area (Å²) in [4.78, 5) is 19.3. The van der Waals surface area contributed by atoms with Crippen molar-refractivity contribution in [2.75, 3.05) is 0 Å². The fourth-order valence-corrected chi connectivity index (χ4v) is 2.93. The van der Waals surface area contributed by atoms with Crippen molar-refractivity contribution < 1.29 is 9.21 Å². The average Bonchev–Trinajstić information content (AvgIpc) is 2.93. The number of rotatable bonds is 5. The molecule has 4 nitrogen and oxygen atoms in total. The molecule has 3 rings (SSSR count). The van der Waals surface area contributed by atoms with E-state index in [9.17, 15) is 4.79 Å². The number of nitrogens with zero attached hydrogens (tertiary/aromatic N) is 2. The van der Waals surface area contributed by atoms with E-state index in [4.69, 9.17) is 4.42 Å². The molecule has 0 bridgehead atoms. The minimum absolute atomic E-state index is 0.0403. The van der Waals surface area contributed by atoms with E-state index < -0.39 is 0 Å². The van der Waals surface area contributed by atoms with Crippen LogP contribution in [0.5, 0.6) is 0 Å². The van der Waals surface area contributed by atoms with E-state index in [1.54, 1.807) is 12.3 Å². The van der Waals surface area contributed by atoms with Gasteiger partial charge in [-0.2, -0.15) is 0 Å². The number of pyridine rings is 1. The van der Waals surface area contributed by atoms with Gasteiger partial charge in [-0.3, -0.25) is 9.78 Å². The predicted molar refractivity (Wildman–Crippen MR) is 97.2 cm³/mol. The molecule has 25 heavy (non-hydrogen) atoms. The molecule has 2 aromatic heterocycles. The van der Waals surface area contributed by atoms with Crippen molar-refractivity contribution in [2.45, 2.75) is 33.9 Å². The minimum Gasteiger partial charge on any atom is -0.466 e. The zero-order chi connectivity index (χ0) is 17.8. The molecule has 1 aromatic carbocycles.